The zero-order valence-corrected chi connectivity index (χ0v) is 11.4. The average molecular weight is 248 g/mol. The van der Waals surface area contributed by atoms with E-state index in [0.29, 0.717) is 6.04 Å². The number of hydrogen-bond donors (Lipinski definition) is 1. The first-order chi connectivity index (χ1) is 8.86. The van der Waals surface area contributed by atoms with Crippen molar-refractivity contribution >= 4 is 0 Å². The quantitative estimate of drug-likeness (QED) is 0.762. The maximum absolute atomic E-state index is 5.25. The second-order valence-corrected chi connectivity index (χ2v) is 4.95. The fourth-order valence-electron chi connectivity index (χ4n) is 2.49. The van der Waals surface area contributed by atoms with Crippen molar-refractivity contribution in [1.82, 2.24) is 10.2 Å². The summed E-state index contributed by atoms with van der Waals surface area (Å²) in [6.07, 6.45) is 2.66. The van der Waals surface area contributed by atoms with Crippen LogP contribution < -0.4 is 5.32 Å². The van der Waals surface area contributed by atoms with E-state index in [4.69, 9.17) is 4.74 Å². The zero-order chi connectivity index (χ0) is 12.8. The molecule has 1 N–H and O–H groups in total. The van der Waals surface area contributed by atoms with Crippen molar-refractivity contribution in [3.8, 4) is 0 Å². The zero-order valence-electron chi connectivity index (χ0n) is 11.4. The summed E-state index contributed by atoms with van der Waals surface area (Å²) < 4.78 is 5.25. The van der Waals surface area contributed by atoms with Crippen molar-refractivity contribution in [3.05, 3.63) is 35.9 Å². The normalized spacial score (nSPS) is 17.1. The molecule has 0 heterocycles. The summed E-state index contributed by atoms with van der Waals surface area (Å²) in [5, 5.41) is 3.32. The van der Waals surface area contributed by atoms with Gasteiger partial charge >= 0.3 is 0 Å². The van der Waals surface area contributed by atoms with Gasteiger partial charge in [0.15, 0.2) is 0 Å². The van der Waals surface area contributed by atoms with Gasteiger partial charge in [0.05, 0.1) is 6.61 Å². The molecule has 0 spiro atoms. The van der Waals surface area contributed by atoms with Gasteiger partial charge in [-0.2, -0.15) is 0 Å². The van der Waals surface area contributed by atoms with Gasteiger partial charge in [0.1, 0.15) is 0 Å². The first-order valence-corrected chi connectivity index (χ1v) is 6.81. The highest BCUT2D eigenvalue weighted by Crippen LogP contribution is 2.33. The van der Waals surface area contributed by atoms with Crippen molar-refractivity contribution in [1.29, 1.82) is 0 Å². The molecule has 1 aliphatic rings. The lowest BCUT2D eigenvalue weighted by Crippen LogP contribution is -2.38. The number of rotatable bonds is 8. The molecule has 0 aliphatic heterocycles. The van der Waals surface area contributed by atoms with E-state index in [1.165, 1.54) is 18.4 Å². The van der Waals surface area contributed by atoms with Gasteiger partial charge < -0.3 is 10.1 Å². The van der Waals surface area contributed by atoms with Crippen molar-refractivity contribution in [2.24, 2.45) is 0 Å². The molecule has 0 saturated heterocycles. The average Bonchev–Trinajstić information content (AvgIpc) is 3.23. The molecule has 3 nitrogen and oxygen atoms in total. The van der Waals surface area contributed by atoms with E-state index in [1.807, 2.05) is 7.05 Å². The van der Waals surface area contributed by atoms with Crippen LogP contribution in [0.15, 0.2) is 30.3 Å². The van der Waals surface area contributed by atoms with Crippen LogP contribution in [0.2, 0.25) is 0 Å². The number of ether oxygens (including phenoxy) is 1. The third-order valence-corrected chi connectivity index (χ3v) is 3.55. The van der Waals surface area contributed by atoms with Crippen LogP contribution in [0.1, 0.15) is 24.4 Å². The largest absolute Gasteiger partial charge is 0.383 e. The van der Waals surface area contributed by atoms with Gasteiger partial charge in [0, 0.05) is 32.3 Å². The van der Waals surface area contributed by atoms with Crippen molar-refractivity contribution < 1.29 is 4.74 Å². The standard InChI is InChI=1S/C15H24N2O/c1-16-12-15(13-6-4-3-5-7-13)17(10-11-18-2)14-8-9-14/h3-7,14-16H,8-12H2,1-2H3. The van der Waals surface area contributed by atoms with Crippen LogP contribution in [0.5, 0.6) is 0 Å². The summed E-state index contributed by atoms with van der Waals surface area (Å²) in [6, 6.07) is 12.0. The molecule has 0 bridgehead atoms. The highest BCUT2D eigenvalue weighted by molar-refractivity contribution is 5.20. The Balaban J connectivity index is 2.10. The molecule has 18 heavy (non-hydrogen) atoms. The van der Waals surface area contributed by atoms with Crippen molar-refractivity contribution in [2.75, 3.05) is 33.9 Å². The van der Waals surface area contributed by atoms with Gasteiger partial charge in [-0.1, -0.05) is 30.3 Å². The fraction of sp³-hybridized carbons (Fsp3) is 0.600. The van der Waals surface area contributed by atoms with Gasteiger partial charge in [-0.05, 0) is 25.5 Å². The smallest absolute Gasteiger partial charge is 0.0590 e. The Kier molecular flexibility index (Phi) is 5.17. The monoisotopic (exact) mass is 248 g/mol. The third kappa shape index (κ3) is 3.55. The maximum Gasteiger partial charge on any atom is 0.0590 e. The van der Waals surface area contributed by atoms with Crippen LogP contribution >= 0.6 is 0 Å². The molecule has 1 aliphatic carbocycles. The van der Waals surface area contributed by atoms with Gasteiger partial charge in [-0.3, -0.25) is 4.90 Å². The maximum atomic E-state index is 5.25. The first-order valence-electron chi connectivity index (χ1n) is 6.81. The minimum absolute atomic E-state index is 0.457. The lowest BCUT2D eigenvalue weighted by molar-refractivity contribution is 0.113. The van der Waals surface area contributed by atoms with Crippen molar-refractivity contribution in [2.45, 2.75) is 24.9 Å². The third-order valence-electron chi connectivity index (χ3n) is 3.55. The molecule has 0 amide bonds. The van der Waals surface area contributed by atoms with E-state index >= 15 is 0 Å². The van der Waals surface area contributed by atoms with Crippen LogP contribution in [0.25, 0.3) is 0 Å². The highest BCUT2D eigenvalue weighted by Gasteiger charge is 2.33. The van der Waals surface area contributed by atoms with E-state index < -0.39 is 0 Å². The number of nitrogens with one attached hydrogen (secondary N) is 1. The van der Waals surface area contributed by atoms with Crippen molar-refractivity contribution in [3.63, 3.8) is 0 Å². The molecular formula is C15H24N2O. The van der Waals surface area contributed by atoms with Gasteiger partial charge in [0.25, 0.3) is 0 Å². The summed E-state index contributed by atoms with van der Waals surface area (Å²) >= 11 is 0. The first kappa shape index (κ1) is 13.5. The molecule has 1 fully saturated rings. The predicted octanol–water partition coefficient (Wildman–Crippen LogP) is 2.06. The van der Waals surface area contributed by atoms with Crippen LogP contribution in [0.4, 0.5) is 0 Å². The summed E-state index contributed by atoms with van der Waals surface area (Å²) in [6.45, 7) is 2.82. The van der Waals surface area contributed by atoms with Crippen LogP contribution in [-0.2, 0) is 4.74 Å². The molecule has 0 radical (unpaired) electrons. The predicted molar refractivity (Wildman–Crippen MR) is 74.7 cm³/mol. The number of methoxy groups -OCH3 is 1. The summed E-state index contributed by atoms with van der Waals surface area (Å²) in [5.74, 6) is 0. The minimum Gasteiger partial charge on any atom is -0.383 e. The van der Waals surface area contributed by atoms with E-state index in [-0.39, 0.29) is 0 Å². The topological polar surface area (TPSA) is 24.5 Å². The Bertz CT molecular complexity index is 338. The van der Waals surface area contributed by atoms with Gasteiger partial charge in [-0.25, -0.2) is 0 Å². The second-order valence-electron chi connectivity index (χ2n) is 4.95. The lowest BCUT2D eigenvalue weighted by Gasteiger charge is -2.32. The molecule has 1 atom stereocenters. The summed E-state index contributed by atoms with van der Waals surface area (Å²) in [7, 11) is 3.80. The molecule has 1 aromatic rings. The molecule has 0 aromatic heterocycles. The van der Waals surface area contributed by atoms with Gasteiger partial charge in [0.2, 0.25) is 0 Å². The lowest BCUT2D eigenvalue weighted by atomic mass is 10.0. The number of likely N-dealkylation sites (N-methyl/N-ethyl adjacent to an activating group) is 1. The summed E-state index contributed by atoms with van der Waals surface area (Å²) in [5.41, 5.74) is 1.40. The molecule has 2 rings (SSSR count). The van der Waals surface area contributed by atoms with E-state index in [1.54, 1.807) is 7.11 Å². The Morgan fingerprint density at radius 1 is 1.33 bits per heavy atom. The number of hydrogen-bond acceptors (Lipinski definition) is 3. The number of benzene rings is 1. The SMILES string of the molecule is CNCC(c1ccccc1)N(CCOC)C1CC1. The number of nitrogens with zero attached hydrogens (tertiary/aromatic N) is 1. The molecule has 1 saturated carbocycles. The molecule has 1 aromatic carbocycles. The van der Waals surface area contributed by atoms with Crippen LogP contribution in [0, 0.1) is 0 Å². The van der Waals surface area contributed by atoms with Crippen LogP contribution in [0.3, 0.4) is 0 Å². The van der Waals surface area contributed by atoms with E-state index in [0.717, 1.165) is 25.7 Å². The Morgan fingerprint density at radius 2 is 2.06 bits per heavy atom. The summed E-state index contributed by atoms with van der Waals surface area (Å²) in [4.78, 5) is 2.59. The Hall–Kier alpha value is -0.900. The molecular weight excluding hydrogens is 224 g/mol. The molecule has 3 heteroatoms. The van der Waals surface area contributed by atoms with Crippen LogP contribution in [-0.4, -0.2) is 44.8 Å². The Morgan fingerprint density at radius 3 is 2.61 bits per heavy atom. The molecule has 100 valence electrons. The van der Waals surface area contributed by atoms with E-state index in [9.17, 15) is 0 Å². The minimum atomic E-state index is 0.457. The highest BCUT2D eigenvalue weighted by atomic mass is 16.5. The van der Waals surface area contributed by atoms with Gasteiger partial charge in [-0.15, -0.1) is 0 Å². The van der Waals surface area contributed by atoms with E-state index in [2.05, 4.69) is 40.5 Å². The fourth-order valence-corrected chi connectivity index (χ4v) is 2.49. The molecule has 1 unspecified atom stereocenters. The second kappa shape index (κ2) is 6.88. The Labute approximate surface area is 110 Å².